The summed E-state index contributed by atoms with van der Waals surface area (Å²) < 4.78 is 42.6. The molecule has 2 N–H and O–H groups in total. The van der Waals surface area contributed by atoms with Crippen LogP contribution in [0.2, 0.25) is 0 Å². The van der Waals surface area contributed by atoms with Crippen molar-refractivity contribution in [3.63, 3.8) is 0 Å². The lowest BCUT2D eigenvalue weighted by molar-refractivity contribution is 0.509. The third kappa shape index (κ3) is 9.70. The van der Waals surface area contributed by atoms with Crippen molar-refractivity contribution in [3.05, 3.63) is 54.6 Å². The average Bonchev–Trinajstić information content (AvgIpc) is 2.78. The van der Waals surface area contributed by atoms with E-state index in [1.165, 1.54) is 87.0 Å². The Morgan fingerprint density at radius 1 is 0.812 bits per heavy atom. The molecule has 0 bridgehead atoms. The topological polar surface area (TPSA) is 86.5 Å². The Bertz CT molecular complexity index is 934. The van der Waals surface area contributed by atoms with E-state index >= 15 is 0 Å². The first-order chi connectivity index (χ1) is 15.3. The summed E-state index contributed by atoms with van der Waals surface area (Å²) in [6.45, 7) is -0.951. The van der Waals surface area contributed by atoms with Crippen LogP contribution in [0.4, 0.5) is 0 Å². The molecule has 0 aliphatic heterocycles. The molecule has 1 unspecified atom stereocenters. The number of hydrogen-bond acceptors (Lipinski definition) is 5. The van der Waals surface area contributed by atoms with Gasteiger partial charge in [0.15, 0.2) is 0 Å². The maximum absolute atomic E-state index is 13.7. The lowest BCUT2D eigenvalue weighted by atomic mass is 10.1. The second-order valence-corrected chi connectivity index (χ2v) is 14.1. The summed E-state index contributed by atoms with van der Waals surface area (Å²) in [4.78, 5) is -0.00240. The van der Waals surface area contributed by atoms with Crippen molar-refractivity contribution in [1.29, 1.82) is 0 Å². The molecule has 0 aliphatic rings. The molecule has 0 aromatic heterocycles. The molecular weight excluding hydrogens is 461 g/mol. The zero-order valence-corrected chi connectivity index (χ0v) is 21.5. The molecule has 0 saturated heterocycles. The van der Waals surface area contributed by atoms with E-state index in [2.05, 4.69) is 6.92 Å². The van der Waals surface area contributed by atoms with Gasteiger partial charge in [-0.2, -0.15) is 0 Å². The van der Waals surface area contributed by atoms with Gasteiger partial charge >= 0.3 is 6.57 Å². The van der Waals surface area contributed by atoms with Crippen LogP contribution in [0, 0.1) is 0 Å². The van der Waals surface area contributed by atoms with Crippen LogP contribution in [0.15, 0.2) is 59.5 Å². The van der Waals surface area contributed by atoms with Gasteiger partial charge in [0.1, 0.15) is 5.75 Å². The lowest BCUT2D eigenvalue weighted by Gasteiger charge is -2.19. The normalized spacial score (nSPS) is 13.6. The molecule has 2 aromatic rings. The molecule has 0 aliphatic carbocycles. The SMILES string of the molecule is CCCCCCCCCCCCSP(=O)(Oc1ccc(S(N)(=O)=O)cc1)c1ccccc1. The summed E-state index contributed by atoms with van der Waals surface area (Å²) in [5, 5.41) is 5.80. The molecule has 0 radical (unpaired) electrons. The quantitative estimate of drug-likeness (QED) is 0.202. The number of unbranched alkanes of at least 4 members (excludes halogenated alkanes) is 9. The van der Waals surface area contributed by atoms with Gasteiger partial charge in [0.25, 0.3) is 0 Å². The maximum Gasteiger partial charge on any atom is 0.333 e. The summed E-state index contributed by atoms with van der Waals surface area (Å²) in [7, 11) is -3.78. The van der Waals surface area contributed by atoms with Crippen molar-refractivity contribution in [1.82, 2.24) is 0 Å². The number of sulfonamides is 1. The van der Waals surface area contributed by atoms with E-state index in [1.807, 2.05) is 30.3 Å². The summed E-state index contributed by atoms with van der Waals surface area (Å²) in [5.41, 5.74) is 0. The molecule has 1 atom stereocenters. The minimum Gasteiger partial charge on any atom is -0.433 e. The van der Waals surface area contributed by atoms with Gasteiger partial charge in [0, 0.05) is 5.75 Å². The van der Waals surface area contributed by atoms with E-state index in [-0.39, 0.29) is 4.90 Å². The Morgan fingerprint density at radius 3 is 1.88 bits per heavy atom. The van der Waals surface area contributed by atoms with Gasteiger partial charge in [-0.05, 0) is 42.8 Å². The largest absolute Gasteiger partial charge is 0.433 e. The van der Waals surface area contributed by atoms with Crippen LogP contribution in [-0.4, -0.2) is 14.2 Å². The van der Waals surface area contributed by atoms with E-state index in [4.69, 9.17) is 9.66 Å². The Hall–Kier alpha value is -1.27. The van der Waals surface area contributed by atoms with Gasteiger partial charge in [-0.3, -0.25) is 4.57 Å². The molecule has 2 rings (SSSR count). The van der Waals surface area contributed by atoms with Crippen molar-refractivity contribution >= 4 is 33.3 Å². The van der Waals surface area contributed by atoms with Gasteiger partial charge < -0.3 is 4.52 Å². The second kappa shape index (κ2) is 14.1. The van der Waals surface area contributed by atoms with Crippen LogP contribution >= 0.6 is 18.0 Å². The molecule has 0 amide bonds. The Kier molecular flexibility index (Phi) is 11.9. The fourth-order valence-corrected chi connectivity index (χ4v) is 8.04. The lowest BCUT2D eigenvalue weighted by Crippen LogP contribution is -2.12. The predicted octanol–water partition coefficient (Wildman–Crippen LogP) is 6.89. The van der Waals surface area contributed by atoms with Crippen molar-refractivity contribution in [2.45, 2.75) is 76.0 Å². The first-order valence-electron chi connectivity index (χ1n) is 11.5. The van der Waals surface area contributed by atoms with E-state index in [0.29, 0.717) is 11.1 Å². The standard InChI is InChI=1S/C24H36NO4PS2/c1-2-3-4-5-6-7-8-9-10-14-21-31-30(26,23-15-12-11-13-16-23)29-22-17-19-24(20-18-22)32(25,27)28/h11-13,15-20H,2-10,14,21H2,1H3,(H2,25,27,28). The second-order valence-electron chi connectivity index (χ2n) is 7.96. The average molecular weight is 498 g/mol. The highest BCUT2D eigenvalue weighted by atomic mass is 32.7. The van der Waals surface area contributed by atoms with Gasteiger partial charge in [-0.25, -0.2) is 13.6 Å². The Balaban J connectivity index is 1.85. The van der Waals surface area contributed by atoms with Gasteiger partial charge in [-0.1, -0.05) is 94.3 Å². The zero-order chi connectivity index (χ0) is 23.3. The predicted molar refractivity (Wildman–Crippen MR) is 136 cm³/mol. The van der Waals surface area contributed by atoms with Crippen LogP contribution in [0.1, 0.15) is 71.1 Å². The van der Waals surface area contributed by atoms with Crippen LogP contribution < -0.4 is 15.0 Å². The minimum absolute atomic E-state index is 0.00240. The van der Waals surface area contributed by atoms with E-state index in [0.717, 1.165) is 18.6 Å². The Labute approximate surface area is 197 Å². The van der Waals surface area contributed by atoms with Crippen molar-refractivity contribution in [3.8, 4) is 5.75 Å². The third-order valence-corrected chi connectivity index (χ3v) is 10.8. The van der Waals surface area contributed by atoms with Crippen LogP contribution in [-0.2, 0) is 14.6 Å². The molecule has 2 aromatic carbocycles. The van der Waals surface area contributed by atoms with Crippen LogP contribution in [0.5, 0.6) is 5.75 Å². The summed E-state index contributed by atoms with van der Waals surface area (Å²) >= 11 is 1.35. The molecule has 8 heteroatoms. The highest BCUT2D eigenvalue weighted by Gasteiger charge is 2.28. The van der Waals surface area contributed by atoms with Gasteiger partial charge in [0.2, 0.25) is 10.0 Å². The van der Waals surface area contributed by atoms with Gasteiger partial charge in [0.05, 0.1) is 10.2 Å². The van der Waals surface area contributed by atoms with Gasteiger partial charge in [-0.15, -0.1) is 0 Å². The van der Waals surface area contributed by atoms with Crippen molar-refractivity contribution < 1.29 is 17.5 Å². The van der Waals surface area contributed by atoms with E-state index in [1.54, 1.807) is 0 Å². The summed E-state index contributed by atoms with van der Waals surface area (Å²) in [6.07, 6.45) is 12.6. The number of hydrogen-bond donors (Lipinski definition) is 1. The van der Waals surface area contributed by atoms with E-state index < -0.39 is 16.6 Å². The minimum atomic E-state index is -3.78. The van der Waals surface area contributed by atoms with Crippen molar-refractivity contribution in [2.24, 2.45) is 5.14 Å². The molecule has 0 spiro atoms. The zero-order valence-electron chi connectivity index (χ0n) is 18.9. The first-order valence-corrected chi connectivity index (χ1v) is 16.2. The molecule has 0 heterocycles. The number of benzene rings is 2. The Morgan fingerprint density at radius 2 is 1.34 bits per heavy atom. The van der Waals surface area contributed by atoms with Crippen molar-refractivity contribution in [2.75, 3.05) is 5.75 Å². The monoisotopic (exact) mass is 497 g/mol. The van der Waals surface area contributed by atoms with Crippen LogP contribution in [0.3, 0.4) is 0 Å². The molecular formula is C24H36NO4PS2. The van der Waals surface area contributed by atoms with Crippen LogP contribution in [0.25, 0.3) is 0 Å². The number of nitrogens with two attached hydrogens (primary N) is 1. The fraction of sp³-hybridized carbons (Fsp3) is 0.500. The summed E-state index contributed by atoms with van der Waals surface area (Å²) in [5.74, 6) is 1.11. The smallest absolute Gasteiger partial charge is 0.333 e. The molecule has 0 fully saturated rings. The molecule has 32 heavy (non-hydrogen) atoms. The maximum atomic E-state index is 13.7. The number of primary sulfonamides is 1. The highest BCUT2D eigenvalue weighted by Crippen LogP contribution is 2.58. The third-order valence-electron chi connectivity index (χ3n) is 5.21. The molecule has 0 saturated carbocycles. The molecule has 5 nitrogen and oxygen atoms in total. The summed E-state index contributed by atoms with van der Waals surface area (Å²) in [6, 6.07) is 14.9. The fourth-order valence-electron chi connectivity index (χ4n) is 3.37. The number of rotatable bonds is 16. The molecule has 178 valence electrons. The first kappa shape index (κ1) is 27.0. The highest BCUT2D eigenvalue weighted by molar-refractivity contribution is 8.58. The van der Waals surface area contributed by atoms with E-state index in [9.17, 15) is 13.0 Å².